The summed E-state index contributed by atoms with van der Waals surface area (Å²) >= 11 is 7.04. The van der Waals surface area contributed by atoms with Gasteiger partial charge in [-0.05, 0) is 37.6 Å². The summed E-state index contributed by atoms with van der Waals surface area (Å²) < 4.78 is 46.7. The summed E-state index contributed by atoms with van der Waals surface area (Å²) in [7, 11) is -3.93. The van der Waals surface area contributed by atoms with E-state index in [0.717, 1.165) is 18.0 Å². The molecule has 1 N–H and O–H groups in total. The molecule has 0 atom stereocenters. The molecule has 0 fully saturated rings. The maximum Gasteiger partial charge on any atom is 0.278 e. The predicted molar refractivity (Wildman–Crippen MR) is 98.1 cm³/mol. The summed E-state index contributed by atoms with van der Waals surface area (Å²) in [4.78, 5) is 7.83. The molecular formula is C16H13ClFN3O3S2. The lowest BCUT2D eigenvalue weighted by molar-refractivity contribution is 0.439. The standard InChI is InChI=1S/C16H13ClFN3O3S2/c1-9-5-12(7-19-15(9)17)26(22,23)21-11-3-4-14(13(18)6-11)24-16-20-10(2)8-25-16/h3-8,21H,1-2H3. The van der Waals surface area contributed by atoms with Gasteiger partial charge in [-0.2, -0.15) is 0 Å². The van der Waals surface area contributed by atoms with Gasteiger partial charge in [-0.15, -0.1) is 0 Å². The highest BCUT2D eigenvalue weighted by Crippen LogP contribution is 2.29. The summed E-state index contributed by atoms with van der Waals surface area (Å²) in [5, 5.41) is 2.30. The van der Waals surface area contributed by atoms with Crippen molar-refractivity contribution in [1.82, 2.24) is 9.97 Å². The number of hydrogen-bond donors (Lipinski definition) is 1. The molecule has 0 radical (unpaired) electrons. The number of pyridine rings is 1. The summed E-state index contributed by atoms with van der Waals surface area (Å²) in [6.45, 7) is 3.44. The van der Waals surface area contributed by atoms with Crippen molar-refractivity contribution in [2.75, 3.05) is 4.72 Å². The molecule has 0 aliphatic rings. The Balaban J connectivity index is 1.81. The van der Waals surface area contributed by atoms with Gasteiger partial charge < -0.3 is 4.74 Å². The van der Waals surface area contributed by atoms with Gasteiger partial charge in [-0.3, -0.25) is 4.72 Å². The number of halogens is 2. The zero-order valence-corrected chi connectivity index (χ0v) is 16.0. The average molecular weight is 414 g/mol. The second-order valence-electron chi connectivity index (χ2n) is 5.39. The summed E-state index contributed by atoms with van der Waals surface area (Å²) in [6, 6.07) is 5.14. The van der Waals surface area contributed by atoms with E-state index in [2.05, 4.69) is 14.7 Å². The predicted octanol–water partition coefficient (Wildman–Crippen LogP) is 4.54. The lowest BCUT2D eigenvalue weighted by atomic mass is 10.3. The third-order valence-electron chi connectivity index (χ3n) is 3.28. The summed E-state index contributed by atoms with van der Waals surface area (Å²) in [5.41, 5.74) is 1.34. The Labute approximate surface area is 158 Å². The van der Waals surface area contributed by atoms with E-state index < -0.39 is 15.8 Å². The Morgan fingerprint density at radius 2 is 2.04 bits per heavy atom. The minimum absolute atomic E-state index is 0.0497. The zero-order valence-electron chi connectivity index (χ0n) is 13.7. The van der Waals surface area contributed by atoms with Gasteiger partial charge in [0.05, 0.1) is 11.4 Å². The van der Waals surface area contributed by atoms with Crippen molar-refractivity contribution < 1.29 is 17.5 Å². The van der Waals surface area contributed by atoms with Crippen LogP contribution in [0.15, 0.2) is 40.7 Å². The summed E-state index contributed by atoms with van der Waals surface area (Å²) in [5.74, 6) is -0.769. The first-order valence-electron chi connectivity index (χ1n) is 7.29. The Hall–Kier alpha value is -2.23. The van der Waals surface area contributed by atoms with Crippen LogP contribution in [-0.4, -0.2) is 18.4 Å². The normalized spacial score (nSPS) is 11.4. The minimum atomic E-state index is -3.93. The number of nitrogens with zero attached hydrogens (tertiary/aromatic N) is 2. The molecule has 0 saturated carbocycles. The molecular weight excluding hydrogens is 401 g/mol. The van der Waals surface area contributed by atoms with Crippen LogP contribution in [0.2, 0.25) is 5.15 Å². The molecule has 26 heavy (non-hydrogen) atoms. The maximum atomic E-state index is 14.2. The molecule has 2 aromatic heterocycles. The number of thiazole rings is 1. The SMILES string of the molecule is Cc1csc(Oc2ccc(NS(=O)(=O)c3cnc(Cl)c(C)c3)cc2F)n1. The van der Waals surface area contributed by atoms with Crippen molar-refractivity contribution in [3.05, 3.63) is 58.1 Å². The second-order valence-corrected chi connectivity index (χ2v) is 8.25. The Morgan fingerprint density at radius 3 is 2.65 bits per heavy atom. The molecule has 0 unspecified atom stereocenters. The van der Waals surface area contributed by atoms with E-state index in [-0.39, 0.29) is 21.5 Å². The fourth-order valence-electron chi connectivity index (χ4n) is 2.01. The molecule has 2 heterocycles. The van der Waals surface area contributed by atoms with Crippen LogP contribution in [0.5, 0.6) is 10.9 Å². The van der Waals surface area contributed by atoms with Crippen LogP contribution in [0.1, 0.15) is 11.3 Å². The molecule has 3 rings (SSSR count). The van der Waals surface area contributed by atoms with Gasteiger partial charge in [0, 0.05) is 17.6 Å². The molecule has 0 aliphatic carbocycles. The zero-order chi connectivity index (χ0) is 18.9. The highest BCUT2D eigenvalue weighted by Gasteiger charge is 2.17. The van der Waals surface area contributed by atoms with Crippen LogP contribution in [-0.2, 0) is 10.0 Å². The number of hydrogen-bond acceptors (Lipinski definition) is 6. The highest BCUT2D eigenvalue weighted by molar-refractivity contribution is 7.92. The number of aryl methyl sites for hydroxylation is 2. The lowest BCUT2D eigenvalue weighted by Gasteiger charge is -2.10. The number of rotatable bonds is 5. The molecule has 0 bridgehead atoms. The Morgan fingerprint density at radius 1 is 1.27 bits per heavy atom. The highest BCUT2D eigenvalue weighted by atomic mass is 35.5. The van der Waals surface area contributed by atoms with Crippen LogP contribution >= 0.6 is 22.9 Å². The molecule has 3 aromatic rings. The summed E-state index contributed by atoms with van der Waals surface area (Å²) in [6.07, 6.45) is 1.14. The minimum Gasteiger partial charge on any atom is -0.428 e. The quantitative estimate of drug-likeness (QED) is 0.621. The Kier molecular flexibility index (Phi) is 5.12. The molecule has 0 aliphatic heterocycles. The van der Waals surface area contributed by atoms with E-state index in [1.165, 1.54) is 29.5 Å². The van der Waals surface area contributed by atoms with E-state index in [4.69, 9.17) is 16.3 Å². The van der Waals surface area contributed by atoms with Crippen molar-refractivity contribution in [3.8, 4) is 10.9 Å². The molecule has 1 aromatic carbocycles. The fourth-order valence-corrected chi connectivity index (χ4v) is 3.85. The van der Waals surface area contributed by atoms with E-state index in [0.29, 0.717) is 10.8 Å². The van der Waals surface area contributed by atoms with Gasteiger partial charge in [0.15, 0.2) is 11.6 Å². The average Bonchev–Trinajstić information content (AvgIpc) is 2.97. The van der Waals surface area contributed by atoms with Gasteiger partial charge >= 0.3 is 0 Å². The van der Waals surface area contributed by atoms with E-state index in [1.807, 2.05) is 0 Å². The van der Waals surface area contributed by atoms with E-state index >= 15 is 0 Å². The number of benzene rings is 1. The molecule has 0 amide bonds. The van der Waals surface area contributed by atoms with E-state index in [1.54, 1.807) is 19.2 Å². The van der Waals surface area contributed by atoms with Gasteiger partial charge in [-0.1, -0.05) is 22.9 Å². The third-order valence-corrected chi connectivity index (χ3v) is 5.86. The first kappa shape index (κ1) is 18.6. The molecule has 6 nitrogen and oxygen atoms in total. The number of ether oxygens (including phenoxy) is 1. The molecule has 0 saturated heterocycles. The third kappa shape index (κ3) is 4.12. The van der Waals surface area contributed by atoms with Crippen molar-refractivity contribution in [1.29, 1.82) is 0 Å². The molecule has 10 heteroatoms. The van der Waals surface area contributed by atoms with Crippen LogP contribution in [0.25, 0.3) is 0 Å². The van der Waals surface area contributed by atoms with Crippen LogP contribution in [0.4, 0.5) is 10.1 Å². The number of nitrogens with one attached hydrogen (secondary N) is 1. The fraction of sp³-hybridized carbons (Fsp3) is 0.125. The number of aromatic nitrogens is 2. The Bertz CT molecular complexity index is 1070. The van der Waals surface area contributed by atoms with Gasteiger partial charge in [0.1, 0.15) is 10.0 Å². The van der Waals surface area contributed by atoms with E-state index in [9.17, 15) is 12.8 Å². The smallest absolute Gasteiger partial charge is 0.278 e. The van der Waals surface area contributed by atoms with Gasteiger partial charge in [0.25, 0.3) is 15.2 Å². The number of anilines is 1. The lowest BCUT2D eigenvalue weighted by Crippen LogP contribution is -2.13. The van der Waals surface area contributed by atoms with Crippen molar-refractivity contribution in [2.24, 2.45) is 0 Å². The monoisotopic (exact) mass is 413 g/mol. The first-order chi connectivity index (χ1) is 12.2. The van der Waals surface area contributed by atoms with Crippen LogP contribution in [0.3, 0.4) is 0 Å². The van der Waals surface area contributed by atoms with Crippen LogP contribution in [0, 0.1) is 19.7 Å². The van der Waals surface area contributed by atoms with Crippen molar-refractivity contribution in [2.45, 2.75) is 18.7 Å². The van der Waals surface area contributed by atoms with Crippen molar-refractivity contribution >= 4 is 38.6 Å². The van der Waals surface area contributed by atoms with Gasteiger partial charge in [-0.25, -0.2) is 22.8 Å². The maximum absolute atomic E-state index is 14.2. The first-order valence-corrected chi connectivity index (χ1v) is 10.0. The second kappa shape index (κ2) is 7.18. The van der Waals surface area contributed by atoms with Crippen LogP contribution < -0.4 is 9.46 Å². The topological polar surface area (TPSA) is 81.2 Å². The molecule has 136 valence electrons. The molecule has 0 spiro atoms. The van der Waals surface area contributed by atoms with Crippen molar-refractivity contribution in [3.63, 3.8) is 0 Å². The number of sulfonamides is 1. The van der Waals surface area contributed by atoms with Gasteiger partial charge in [0.2, 0.25) is 0 Å². The largest absolute Gasteiger partial charge is 0.428 e.